The van der Waals surface area contributed by atoms with Gasteiger partial charge in [0.1, 0.15) is 0 Å². The van der Waals surface area contributed by atoms with E-state index in [1.165, 1.54) is 118 Å². The molecule has 14 rings (SSSR count). The van der Waals surface area contributed by atoms with Crippen molar-refractivity contribution in [1.29, 1.82) is 0 Å². The third-order valence-corrected chi connectivity index (χ3v) is 15.4. The van der Waals surface area contributed by atoms with Crippen molar-refractivity contribution in [2.45, 2.75) is 9.79 Å². The van der Waals surface area contributed by atoms with Crippen LogP contribution in [0.4, 0.5) is 0 Å². The fourth-order valence-corrected chi connectivity index (χ4v) is 12.4. The largest absolute Gasteiger partial charge is 0.309 e. The molecule has 0 fully saturated rings. The Morgan fingerprint density at radius 1 is 0.262 bits per heavy atom. The van der Waals surface area contributed by atoms with Gasteiger partial charge in [-0.2, -0.15) is 0 Å². The first-order chi connectivity index (χ1) is 32.2. The minimum atomic E-state index is 1.15. The molecule has 0 aliphatic carbocycles. The van der Waals surface area contributed by atoms with Crippen LogP contribution >= 0.6 is 23.1 Å². The summed E-state index contributed by atoms with van der Waals surface area (Å²) in [6, 6.07) is 82.6. The second-order valence-corrected chi connectivity index (χ2v) is 19.1. The summed E-state index contributed by atoms with van der Waals surface area (Å²) in [4.78, 5) is 2.44. The maximum Gasteiger partial charge on any atom is 0.0541 e. The van der Waals surface area contributed by atoms with E-state index in [-0.39, 0.29) is 0 Å². The summed E-state index contributed by atoms with van der Waals surface area (Å²) in [5, 5.41) is 10.2. The highest BCUT2D eigenvalue weighted by molar-refractivity contribution is 7.99. The molecule has 0 bridgehead atoms. The number of hydrogen-bond donors (Lipinski definition) is 0. The average Bonchev–Trinajstić information content (AvgIpc) is 4.10. The average molecular weight is 864 g/mol. The Labute approximate surface area is 382 Å². The lowest BCUT2D eigenvalue weighted by Crippen LogP contribution is -1.94. The second-order valence-electron chi connectivity index (χ2n) is 16.9. The van der Waals surface area contributed by atoms with Gasteiger partial charge in [-0.1, -0.05) is 121 Å². The van der Waals surface area contributed by atoms with E-state index >= 15 is 0 Å². The first kappa shape index (κ1) is 36.6. The van der Waals surface area contributed by atoms with Crippen LogP contribution in [0.15, 0.2) is 234 Å². The smallest absolute Gasteiger partial charge is 0.0541 e. The van der Waals surface area contributed by atoms with Gasteiger partial charge < -0.3 is 13.7 Å². The van der Waals surface area contributed by atoms with E-state index in [1.54, 1.807) is 0 Å². The third kappa shape index (κ3) is 5.69. The number of aromatic nitrogens is 3. The molecule has 4 heterocycles. The molecule has 0 saturated heterocycles. The van der Waals surface area contributed by atoms with Crippen LogP contribution in [0.3, 0.4) is 0 Å². The van der Waals surface area contributed by atoms with Gasteiger partial charge >= 0.3 is 0 Å². The number of para-hydroxylation sites is 5. The number of hydrogen-bond acceptors (Lipinski definition) is 2. The Kier molecular flexibility index (Phi) is 8.08. The Hall–Kier alpha value is -7.83. The van der Waals surface area contributed by atoms with Crippen molar-refractivity contribution in [1.82, 2.24) is 13.7 Å². The lowest BCUT2D eigenvalue weighted by Gasteiger charge is -2.11. The maximum absolute atomic E-state index is 2.43. The summed E-state index contributed by atoms with van der Waals surface area (Å²) in [7, 11) is 0. The molecule has 0 aliphatic heterocycles. The molecule has 14 aromatic rings. The highest BCUT2D eigenvalue weighted by Gasteiger charge is 2.18. The summed E-state index contributed by atoms with van der Waals surface area (Å²) in [6.45, 7) is 0. The van der Waals surface area contributed by atoms with Gasteiger partial charge in [0.25, 0.3) is 0 Å². The van der Waals surface area contributed by atoms with Gasteiger partial charge in [0.2, 0.25) is 0 Å². The van der Waals surface area contributed by atoms with Crippen molar-refractivity contribution in [3.05, 3.63) is 224 Å². The molecule has 0 aliphatic rings. The van der Waals surface area contributed by atoms with Gasteiger partial charge in [-0.25, -0.2) is 0 Å². The number of thiophene rings is 1. The van der Waals surface area contributed by atoms with E-state index in [2.05, 4.69) is 238 Å². The Balaban J connectivity index is 0.841. The number of benzene rings is 10. The topological polar surface area (TPSA) is 14.8 Å². The molecule has 304 valence electrons. The van der Waals surface area contributed by atoms with Crippen molar-refractivity contribution in [2.75, 3.05) is 0 Å². The zero-order valence-corrected chi connectivity index (χ0v) is 36.7. The molecule has 0 amide bonds. The lowest BCUT2D eigenvalue weighted by molar-refractivity contribution is 1.18. The monoisotopic (exact) mass is 863 g/mol. The first-order valence-electron chi connectivity index (χ1n) is 22.1. The fraction of sp³-hybridized carbons (Fsp3) is 0. The number of fused-ring (bicyclic) bond motifs is 12. The minimum Gasteiger partial charge on any atom is -0.309 e. The van der Waals surface area contributed by atoms with Crippen LogP contribution in [-0.4, -0.2) is 13.7 Å². The van der Waals surface area contributed by atoms with E-state index < -0.39 is 0 Å². The number of rotatable bonds is 6. The second kappa shape index (κ2) is 14.3. The van der Waals surface area contributed by atoms with Gasteiger partial charge in [0, 0.05) is 79.3 Å². The van der Waals surface area contributed by atoms with Gasteiger partial charge in [0.15, 0.2) is 0 Å². The first-order valence-corrected chi connectivity index (χ1v) is 23.7. The predicted octanol–water partition coefficient (Wildman–Crippen LogP) is 17.2. The van der Waals surface area contributed by atoms with Crippen LogP contribution in [0.25, 0.3) is 114 Å². The van der Waals surface area contributed by atoms with Crippen LogP contribution in [0.5, 0.6) is 0 Å². The molecule has 0 spiro atoms. The molecule has 0 saturated carbocycles. The normalized spacial score (nSPS) is 12.1. The molecule has 65 heavy (non-hydrogen) atoms. The lowest BCUT2D eigenvalue weighted by atomic mass is 10.0. The molecular formula is C60H37N3S2. The fourth-order valence-electron chi connectivity index (χ4n) is 10.4. The van der Waals surface area contributed by atoms with Crippen LogP contribution < -0.4 is 0 Å². The van der Waals surface area contributed by atoms with Crippen LogP contribution in [0, 0.1) is 0 Å². The van der Waals surface area contributed by atoms with Crippen molar-refractivity contribution in [2.24, 2.45) is 0 Å². The van der Waals surface area contributed by atoms with Crippen LogP contribution in [-0.2, 0) is 0 Å². The van der Waals surface area contributed by atoms with E-state index in [1.807, 2.05) is 23.1 Å². The molecule has 0 atom stereocenters. The van der Waals surface area contributed by atoms with E-state index in [9.17, 15) is 0 Å². The van der Waals surface area contributed by atoms with Gasteiger partial charge in [-0.15, -0.1) is 11.3 Å². The highest BCUT2D eigenvalue weighted by atomic mass is 32.2. The molecule has 0 N–H and O–H groups in total. The minimum absolute atomic E-state index is 1.15. The zero-order valence-electron chi connectivity index (χ0n) is 35.0. The summed E-state index contributed by atoms with van der Waals surface area (Å²) >= 11 is 3.70. The Bertz CT molecular complexity index is 4170. The molecule has 10 aromatic carbocycles. The molecule has 0 radical (unpaired) electrons. The summed E-state index contributed by atoms with van der Waals surface area (Å²) in [5.41, 5.74) is 13.2. The molecule has 4 aromatic heterocycles. The van der Waals surface area contributed by atoms with Crippen LogP contribution in [0.1, 0.15) is 0 Å². The number of nitrogens with zero attached hydrogens (tertiary/aromatic N) is 3. The van der Waals surface area contributed by atoms with Crippen molar-refractivity contribution >= 4 is 109 Å². The summed E-state index contributed by atoms with van der Waals surface area (Å²) in [5.74, 6) is 0. The molecule has 3 nitrogen and oxygen atoms in total. The predicted molar refractivity (Wildman–Crippen MR) is 278 cm³/mol. The quantitative estimate of drug-likeness (QED) is 0.163. The van der Waals surface area contributed by atoms with Crippen molar-refractivity contribution in [3.63, 3.8) is 0 Å². The SMILES string of the molecule is c1ccc(-n2c3ccccc3c3cc(Sc4ccc5c(c4)c4ccccc4n5-c4cccc(-c5ccc6sc7ccc(-n8c9ccccc9c9ccccc98)cc7c6c5)c4)ccc32)cc1. The molecular weight excluding hydrogens is 827 g/mol. The molecule has 5 heteroatoms. The third-order valence-electron chi connectivity index (χ3n) is 13.3. The van der Waals surface area contributed by atoms with E-state index in [0.29, 0.717) is 0 Å². The molecule has 0 unspecified atom stereocenters. The van der Waals surface area contributed by atoms with Crippen molar-refractivity contribution in [3.8, 4) is 28.2 Å². The van der Waals surface area contributed by atoms with Gasteiger partial charge in [-0.3, -0.25) is 0 Å². The van der Waals surface area contributed by atoms with Gasteiger partial charge in [0.05, 0.1) is 33.1 Å². The Morgan fingerprint density at radius 3 is 1.28 bits per heavy atom. The zero-order chi connectivity index (χ0) is 42.6. The van der Waals surface area contributed by atoms with E-state index in [4.69, 9.17) is 0 Å². The maximum atomic E-state index is 2.43. The summed E-state index contributed by atoms with van der Waals surface area (Å²) < 4.78 is 9.83. The van der Waals surface area contributed by atoms with Crippen molar-refractivity contribution < 1.29 is 0 Å². The van der Waals surface area contributed by atoms with Crippen LogP contribution in [0.2, 0.25) is 0 Å². The highest BCUT2D eigenvalue weighted by Crippen LogP contribution is 2.42. The van der Waals surface area contributed by atoms with E-state index in [0.717, 1.165) is 5.69 Å². The Morgan fingerprint density at radius 2 is 0.692 bits per heavy atom. The summed E-state index contributed by atoms with van der Waals surface area (Å²) in [6.07, 6.45) is 0. The van der Waals surface area contributed by atoms with Gasteiger partial charge in [-0.05, 0) is 126 Å². The standard InChI is InChI=1S/C60H37N3S2/c1-2-14-40(15-3-1)61-55-23-10-6-19-47(55)49-36-43(27-29-57(49)61)64-44-28-30-58-50(37-44)48-20-7-11-24-56(48)62(58)41-16-12-13-38(33-41)39-25-31-59-51(34-39)52-35-42(26-32-60(52)65-59)63-53-21-8-4-17-45(53)46-18-5-9-22-54(46)63/h1-37H.